The van der Waals surface area contributed by atoms with Crippen LogP contribution in [-0.4, -0.2) is 45.6 Å². The molecule has 1 heterocycles. The molecule has 4 N–H and O–H groups in total. The molecule has 0 aliphatic rings. The van der Waals surface area contributed by atoms with Crippen LogP contribution in [0.3, 0.4) is 0 Å². The number of H-pyrrole nitrogens is 1. The summed E-state index contributed by atoms with van der Waals surface area (Å²) in [6.45, 7) is 3.93. The third kappa shape index (κ3) is 2.96. The lowest BCUT2D eigenvalue weighted by Gasteiger charge is -2.20. The van der Waals surface area contributed by atoms with Crippen LogP contribution in [0.5, 0.6) is 0 Å². The van der Waals surface area contributed by atoms with E-state index >= 15 is 0 Å². The molecular weight excluding hydrogens is 222 g/mol. The fourth-order valence-electron chi connectivity index (χ4n) is 1.46. The van der Waals surface area contributed by atoms with Gasteiger partial charge in [0.15, 0.2) is 0 Å². The van der Waals surface area contributed by atoms with Crippen molar-refractivity contribution in [3.05, 3.63) is 17.5 Å². The van der Waals surface area contributed by atoms with Crippen molar-refractivity contribution in [2.45, 2.75) is 13.8 Å². The van der Waals surface area contributed by atoms with Crippen LogP contribution in [-0.2, 0) is 0 Å². The summed E-state index contributed by atoms with van der Waals surface area (Å²) in [6, 6.07) is 0. The normalized spacial score (nSPS) is 13.5. The van der Waals surface area contributed by atoms with Crippen LogP contribution < -0.4 is 5.73 Å². The average Bonchev–Trinajstić information content (AvgIpc) is 2.73. The SMILES string of the molecule is Cc1[nH]ncc1C(=O)N(C)CC(C)C(N)=NO. The van der Waals surface area contributed by atoms with E-state index in [2.05, 4.69) is 15.4 Å². The number of rotatable bonds is 4. The zero-order valence-electron chi connectivity index (χ0n) is 10.1. The van der Waals surface area contributed by atoms with Gasteiger partial charge in [0.2, 0.25) is 0 Å². The molecule has 0 fully saturated rings. The number of hydrogen-bond donors (Lipinski definition) is 3. The number of aryl methyl sites for hydroxylation is 1. The first-order valence-corrected chi connectivity index (χ1v) is 5.20. The molecule has 7 nitrogen and oxygen atoms in total. The van der Waals surface area contributed by atoms with Gasteiger partial charge in [0.25, 0.3) is 5.91 Å². The second kappa shape index (κ2) is 5.33. The van der Waals surface area contributed by atoms with Gasteiger partial charge in [-0.05, 0) is 6.92 Å². The van der Waals surface area contributed by atoms with Crippen LogP contribution in [0.2, 0.25) is 0 Å². The van der Waals surface area contributed by atoms with Crippen molar-refractivity contribution in [2.24, 2.45) is 16.8 Å². The lowest BCUT2D eigenvalue weighted by atomic mass is 10.1. The standard InChI is InChI=1S/C10H17N5O2/c1-6(9(11)14-17)5-15(3)10(16)8-4-12-13-7(8)2/h4,6,17H,5H2,1-3H3,(H2,11,14)(H,12,13). The van der Waals surface area contributed by atoms with Crippen LogP contribution in [0.25, 0.3) is 0 Å². The highest BCUT2D eigenvalue weighted by Crippen LogP contribution is 2.08. The second-order valence-electron chi connectivity index (χ2n) is 4.02. The van der Waals surface area contributed by atoms with E-state index in [1.807, 2.05) is 0 Å². The Morgan fingerprint density at radius 1 is 1.76 bits per heavy atom. The molecule has 1 aromatic heterocycles. The highest BCUT2D eigenvalue weighted by atomic mass is 16.4. The van der Waals surface area contributed by atoms with E-state index in [4.69, 9.17) is 10.9 Å². The Labute approximate surface area is 99.3 Å². The molecule has 0 aromatic carbocycles. The summed E-state index contributed by atoms with van der Waals surface area (Å²) in [5.74, 6) is -0.247. The molecule has 94 valence electrons. The summed E-state index contributed by atoms with van der Waals surface area (Å²) in [5.41, 5.74) is 6.70. The van der Waals surface area contributed by atoms with Crippen molar-refractivity contribution in [3.8, 4) is 0 Å². The number of oxime groups is 1. The maximum atomic E-state index is 12.0. The van der Waals surface area contributed by atoms with E-state index in [-0.39, 0.29) is 17.7 Å². The van der Waals surface area contributed by atoms with Crippen LogP contribution in [0.15, 0.2) is 11.4 Å². The van der Waals surface area contributed by atoms with E-state index in [1.54, 1.807) is 20.9 Å². The molecule has 0 aliphatic carbocycles. The number of nitrogens with two attached hydrogens (primary N) is 1. The van der Waals surface area contributed by atoms with Gasteiger partial charge < -0.3 is 15.8 Å². The number of nitrogens with zero attached hydrogens (tertiary/aromatic N) is 3. The zero-order valence-corrected chi connectivity index (χ0v) is 10.1. The summed E-state index contributed by atoms with van der Waals surface area (Å²) in [5, 5.41) is 17.9. The summed E-state index contributed by atoms with van der Waals surface area (Å²) in [4.78, 5) is 13.5. The topological polar surface area (TPSA) is 108 Å². The van der Waals surface area contributed by atoms with Crippen LogP contribution in [0, 0.1) is 12.8 Å². The van der Waals surface area contributed by atoms with Gasteiger partial charge >= 0.3 is 0 Å². The maximum absolute atomic E-state index is 12.0. The van der Waals surface area contributed by atoms with Gasteiger partial charge in [0.05, 0.1) is 11.8 Å². The Morgan fingerprint density at radius 3 is 2.88 bits per heavy atom. The fraction of sp³-hybridized carbons (Fsp3) is 0.500. The lowest BCUT2D eigenvalue weighted by molar-refractivity contribution is 0.0785. The average molecular weight is 239 g/mol. The second-order valence-corrected chi connectivity index (χ2v) is 4.02. The number of carbonyl (C=O) groups excluding carboxylic acids is 1. The molecule has 7 heteroatoms. The Hall–Kier alpha value is -2.05. The predicted octanol–water partition coefficient (Wildman–Crippen LogP) is 0.173. The number of amides is 1. The van der Waals surface area contributed by atoms with E-state index in [0.29, 0.717) is 12.1 Å². The summed E-state index contributed by atoms with van der Waals surface area (Å²) < 4.78 is 0. The third-order valence-corrected chi connectivity index (χ3v) is 2.58. The molecule has 1 unspecified atom stereocenters. The highest BCUT2D eigenvalue weighted by molar-refractivity contribution is 5.95. The summed E-state index contributed by atoms with van der Waals surface area (Å²) >= 11 is 0. The van der Waals surface area contributed by atoms with Crippen LogP contribution >= 0.6 is 0 Å². The molecular formula is C10H17N5O2. The van der Waals surface area contributed by atoms with E-state index in [9.17, 15) is 4.79 Å². The minimum Gasteiger partial charge on any atom is -0.409 e. The number of amidine groups is 1. The first kappa shape index (κ1) is 13.0. The number of carbonyl (C=O) groups is 1. The van der Waals surface area contributed by atoms with Crippen molar-refractivity contribution in [2.75, 3.05) is 13.6 Å². The minimum atomic E-state index is -0.207. The molecule has 0 saturated heterocycles. The maximum Gasteiger partial charge on any atom is 0.257 e. The fourth-order valence-corrected chi connectivity index (χ4v) is 1.46. The van der Waals surface area contributed by atoms with Gasteiger partial charge in [-0.2, -0.15) is 5.10 Å². The molecule has 0 aliphatic heterocycles. The Bertz CT molecular complexity index is 426. The van der Waals surface area contributed by atoms with E-state index in [0.717, 1.165) is 5.69 Å². The zero-order chi connectivity index (χ0) is 13.0. The van der Waals surface area contributed by atoms with Gasteiger partial charge in [0, 0.05) is 25.2 Å². The highest BCUT2D eigenvalue weighted by Gasteiger charge is 2.19. The van der Waals surface area contributed by atoms with Crippen molar-refractivity contribution in [3.63, 3.8) is 0 Å². The lowest BCUT2D eigenvalue weighted by Crippen LogP contribution is -2.36. The monoisotopic (exact) mass is 239 g/mol. The Morgan fingerprint density at radius 2 is 2.41 bits per heavy atom. The molecule has 0 spiro atoms. The first-order chi connectivity index (χ1) is 7.97. The van der Waals surface area contributed by atoms with Crippen molar-refractivity contribution < 1.29 is 10.0 Å². The summed E-state index contributed by atoms with van der Waals surface area (Å²) in [6.07, 6.45) is 1.49. The number of hydrogen-bond acceptors (Lipinski definition) is 4. The van der Waals surface area contributed by atoms with Crippen molar-refractivity contribution in [1.82, 2.24) is 15.1 Å². The quantitative estimate of drug-likeness (QED) is 0.301. The molecule has 0 bridgehead atoms. The first-order valence-electron chi connectivity index (χ1n) is 5.20. The largest absolute Gasteiger partial charge is 0.409 e. The van der Waals surface area contributed by atoms with Gasteiger partial charge in [-0.25, -0.2) is 0 Å². The molecule has 1 rings (SSSR count). The predicted molar refractivity (Wildman–Crippen MR) is 62.9 cm³/mol. The molecule has 17 heavy (non-hydrogen) atoms. The van der Waals surface area contributed by atoms with E-state index in [1.165, 1.54) is 11.1 Å². The molecule has 1 atom stereocenters. The number of aromatic amines is 1. The number of nitrogens with one attached hydrogen (secondary N) is 1. The van der Waals surface area contributed by atoms with Gasteiger partial charge in [-0.15, -0.1) is 0 Å². The third-order valence-electron chi connectivity index (χ3n) is 2.58. The Kier molecular flexibility index (Phi) is 4.08. The molecule has 0 radical (unpaired) electrons. The smallest absolute Gasteiger partial charge is 0.257 e. The van der Waals surface area contributed by atoms with Crippen LogP contribution in [0.1, 0.15) is 23.0 Å². The van der Waals surface area contributed by atoms with Gasteiger partial charge in [-0.3, -0.25) is 9.89 Å². The Balaban J connectivity index is 2.69. The van der Waals surface area contributed by atoms with Gasteiger partial charge in [-0.1, -0.05) is 12.1 Å². The van der Waals surface area contributed by atoms with Gasteiger partial charge in [0.1, 0.15) is 5.84 Å². The molecule has 1 amide bonds. The summed E-state index contributed by atoms with van der Waals surface area (Å²) in [7, 11) is 1.66. The van der Waals surface area contributed by atoms with Crippen LogP contribution in [0.4, 0.5) is 0 Å². The molecule has 0 saturated carbocycles. The van der Waals surface area contributed by atoms with E-state index < -0.39 is 0 Å². The molecule has 1 aromatic rings. The number of aromatic nitrogens is 2. The van der Waals surface area contributed by atoms with Crippen molar-refractivity contribution >= 4 is 11.7 Å². The minimum absolute atomic E-state index is 0.105. The van der Waals surface area contributed by atoms with Crippen molar-refractivity contribution in [1.29, 1.82) is 0 Å².